The third-order valence-corrected chi connectivity index (χ3v) is 0.789. The highest BCUT2D eigenvalue weighted by atomic mass is 19.3. The third kappa shape index (κ3) is 5.65. The zero-order valence-electron chi connectivity index (χ0n) is 5.56. The molecule has 0 aromatic rings. The van der Waals surface area contributed by atoms with E-state index in [0.717, 1.165) is 11.8 Å². The molecule has 9 heavy (non-hydrogen) atoms. The molecule has 1 N–H and O–H groups in total. The van der Waals surface area contributed by atoms with E-state index in [1.807, 2.05) is 0 Å². The maximum atomic E-state index is 12.0. The number of aliphatic hydroxyl groups excluding tert-OH is 1. The number of rotatable bonds is 3. The summed E-state index contributed by atoms with van der Waals surface area (Å²) >= 11 is 0. The van der Waals surface area contributed by atoms with Gasteiger partial charge in [-0.05, 0) is 7.05 Å². The summed E-state index contributed by atoms with van der Waals surface area (Å²) in [6.07, 6.45) is 0. The van der Waals surface area contributed by atoms with Crippen molar-refractivity contribution in [3.8, 4) is 0 Å². The topological polar surface area (TPSA) is 23.5 Å². The number of hydrogen-bond donors (Lipinski definition) is 1. The van der Waals surface area contributed by atoms with Gasteiger partial charge in [0.2, 0.25) is 0 Å². The van der Waals surface area contributed by atoms with Crippen LogP contribution in [-0.4, -0.2) is 36.3 Å². The molecule has 2 nitrogen and oxygen atoms in total. The lowest BCUT2D eigenvalue weighted by Crippen LogP contribution is -2.32. The fourth-order valence-corrected chi connectivity index (χ4v) is 0.524. The fourth-order valence-electron chi connectivity index (χ4n) is 0.524. The summed E-state index contributed by atoms with van der Waals surface area (Å²) in [7, 11) is 1.43. The first-order valence-electron chi connectivity index (χ1n) is 2.63. The highest BCUT2D eigenvalue weighted by molar-refractivity contribution is 4.60. The van der Waals surface area contributed by atoms with Crippen molar-refractivity contribution in [1.82, 2.24) is 4.90 Å². The van der Waals surface area contributed by atoms with Crippen LogP contribution in [0.25, 0.3) is 0 Å². The van der Waals surface area contributed by atoms with Crippen molar-refractivity contribution in [3.05, 3.63) is 0 Å². The van der Waals surface area contributed by atoms with E-state index in [-0.39, 0.29) is 6.73 Å². The standard InChI is InChI=1S/C5H11F2NO/c1-5(6,7)3-8(2)4-9/h9H,3-4H2,1-2H3. The quantitative estimate of drug-likeness (QED) is 0.576. The van der Waals surface area contributed by atoms with Crippen LogP contribution in [0.1, 0.15) is 6.92 Å². The maximum Gasteiger partial charge on any atom is 0.257 e. The second kappa shape index (κ2) is 3.08. The van der Waals surface area contributed by atoms with E-state index in [1.54, 1.807) is 0 Å². The Morgan fingerprint density at radius 2 is 2.00 bits per heavy atom. The second-order valence-corrected chi connectivity index (χ2v) is 2.23. The number of alkyl halides is 2. The normalized spacial score (nSPS) is 12.7. The molecule has 0 amide bonds. The lowest BCUT2D eigenvalue weighted by Gasteiger charge is -2.17. The van der Waals surface area contributed by atoms with Gasteiger partial charge in [0.05, 0.1) is 13.3 Å². The van der Waals surface area contributed by atoms with Crippen molar-refractivity contribution in [1.29, 1.82) is 0 Å². The highest BCUT2D eigenvalue weighted by Gasteiger charge is 2.22. The average molecular weight is 139 g/mol. The van der Waals surface area contributed by atoms with Crippen LogP contribution in [0.15, 0.2) is 0 Å². The van der Waals surface area contributed by atoms with Crippen molar-refractivity contribution >= 4 is 0 Å². The molecule has 0 bridgehead atoms. The SMILES string of the molecule is CN(CO)CC(C)(F)F. The molecule has 0 spiro atoms. The van der Waals surface area contributed by atoms with E-state index in [1.165, 1.54) is 7.05 Å². The van der Waals surface area contributed by atoms with Crippen molar-refractivity contribution < 1.29 is 13.9 Å². The van der Waals surface area contributed by atoms with Gasteiger partial charge in [0, 0.05) is 6.92 Å². The largest absolute Gasteiger partial charge is 0.381 e. The smallest absolute Gasteiger partial charge is 0.257 e. The van der Waals surface area contributed by atoms with Crippen molar-refractivity contribution in [2.45, 2.75) is 12.8 Å². The summed E-state index contributed by atoms with van der Waals surface area (Å²) in [5, 5.41) is 8.29. The van der Waals surface area contributed by atoms with E-state index in [0.29, 0.717) is 0 Å². The predicted molar refractivity (Wildman–Crippen MR) is 30.3 cm³/mol. The molecule has 0 fully saturated rings. The minimum absolute atomic E-state index is 0.330. The summed E-state index contributed by atoms with van der Waals surface area (Å²) in [4.78, 5) is 1.14. The molecule has 0 rings (SSSR count). The Labute approximate surface area is 53.1 Å². The Bertz CT molecular complexity index is 81.5. The van der Waals surface area contributed by atoms with E-state index < -0.39 is 12.5 Å². The number of nitrogens with zero attached hydrogens (tertiary/aromatic N) is 1. The molecule has 0 saturated carbocycles. The molecule has 0 aromatic heterocycles. The van der Waals surface area contributed by atoms with Gasteiger partial charge in [0.25, 0.3) is 5.92 Å². The van der Waals surface area contributed by atoms with Crippen molar-refractivity contribution in [2.75, 3.05) is 20.3 Å². The Balaban J connectivity index is 3.47. The predicted octanol–water partition coefficient (Wildman–Crippen LogP) is 0.523. The van der Waals surface area contributed by atoms with Gasteiger partial charge in [0.1, 0.15) is 0 Å². The fraction of sp³-hybridized carbons (Fsp3) is 1.00. The molecular formula is C5H11F2NO. The van der Waals surface area contributed by atoms with E-state index >= 15 is 0 Å². The number of hydrogen-bond acceptors (Lipinski definition) is 2. The van der Waals surface area contributed by atoms with Gasteiger partial charge in [-0.3, -0.25) is 4.90 Å². The van der Waals surface area contributed by atoms with Crippen LogP contribution < -0.4 is 0 Å². The van der Waals surface area contributed by atoms with Gasteiger partial charge in [-0.2, -0.15) is 0 Å². The van der Waals surface area contributed by atoms with Gasteiger partial charge >= 0.3 is 0 Å². The van der Waals surface area contributed by atoms with E-state index in [9.17, 15) is 8.78 Å². The van der Waals surface area contributed by atoms with Crippen LogP contribution in [0.5, 0.6) is 0 Å². The molecule has 0 unspecified atom stereocenters. The van der Waals surface area contributed by atoms with Crippen LogP contribution >= 0.6 is 0 Å². The molecule has 0 aliphatic rings. The zero-order valence-corrected chi connectivity index (χ0v) is 5.56. The molecule has 0 atom stereocenters. The van der Waals surface area contributed by atoms with Crippen LogP contribution in [0.4, 0.5) is 8.78 Å². The van der Waals surface area contributed by atoms with Crippen molar-refractivity contribution in [3.63, 3.8) is 0 Å². The first-order chi connectivity index (χ1) is 3.95. The second-order valence-electron chi connectivity index (χ2n) is 2.23. The third-order valence-electron chi connectivity index (χ3n) is 0.789. The Morgan fingerprint density at radius 1 is 1.56 bits per heavy atom. The summed E-state index contributed by atoms with van der Waals surface area (Å²) in [6, 6.07) is 0. The van der Waals surface area contributed by atoms with Crippen LogP contribution in [0, 0.1) is 0 Å². The van der Waals surface area contributed by atoms with E-state index in [2.05, 4.69) is 0 Å². The number of aliphatic hydroxyl groups is 1. The first-order valence-corrected chi connectivity index (χ1v) is 2.63. The van der Waals surface area contributed by atoms with Crippen LogP contribution in [0.2, 0.25) is 0 Å². The average Bonchev–Trinajstić information content (AvgIpc) is 1.62. The van der Waals surface area contributed by atoms with Crippen LogP contribution in [0.3, 0.4) is 0 Å². The molecule has 56 valence electrons. The summed E-state index contributed by atoms with van der Waals surface area (Å²) in [5.74, 6) is -2.71. The molecule has 0 aliphatic carbocycles. The Kier molecular flexibility index (Phi) is 3.00. The lowest BCUT2D eigenvalue weighted by molar-refractivity contribution is -0.0273. The molecule has 0 aromatic carbocycles. The minimum Gasteiger partial charge on any atom is -0.381 e. The van der Waals surface area contributed by atoms with Gasteiger partial charge in [-0.25, -0.2) is 8.78 Å². The van der Waals surface area contributed by atoms with Gasteiger partial charge in [-0.15, -0.1) is 0 Å². The molecule has 0 saturated heterocycles. The summed E-state index contributed by atoms with van der Waals surface area (Å²) < 4.78 is 24.0. The minimum atomic E-state index is -2.71. The highest BCUT2D eigenvalue weighted by Crippen LogP contribution is 2.11. The molecule has 0 heterocycles. The van der Waals surface area contributed by atoms with E-state index in [4.69, 9.17) is 5.11 Å². The maximum absolute atomic E-state index is 12.0. The Morgan fingerprint density at radius 3 is 2.11 bits per heavy atom. The molecule has 4 heteroatoms. The molecule has 0 radical (unpaired) electrons. The molecule has 0 aliphatic heterocycles. The number of halogens is 2. The summed E-state index contributed by atoms with van der Waals surface area (Å²) in [6.45, 7) is 0.0894. The lowest BCUT2D eigenvalue weighted by atomic mass is 10.4. The van der Waals surface area contributed by atoms with Crippen LogP contribution in [-0.2, 0) is 0 Å². The van der Waals surface area contributed by atoms with Gasteiger partial charge in [-0.1, -0.05) is 0 Å². The van der Waals surface area contributed by atoms with Gasteiger partial charge < -0.3 is 5.11 Å². The summed E-state index contributed by atoms with van der Waals surface area (Å²) in [5.41, 5.74) is 0. The zero-order chi connectivity index (χ0) is 7.49. The van der Waals surface area contributed by atoms with Gasteiger partial charge in [0.15, 0.2) is 0 Å². The molecular weight excluding hydrogens is 128 g/mol. The first kappa shape index (κ1) is 8.78. The van der Waals surface area contributed by atoms with Crippen molar-refractivity contribution in [2.24, 2.45) is 0 Å². The Hall–Kier alpha value is -0.220. The monoisotopic (exact) mass is 139 g/mol.